The van der Waals surface area contributed by atoms with Gasteiger partial charge in [0.1, 0.15) is 0 Å². The zero-order valence-corrected chi connectivity index (χ0v) is 24.9. The molecule has 0 aromatic carbocycles. The zero-order valence-electron chi connectivity index (χ0n) is 24.9. The van der Waals surface area contributed by atoms with Gasteiger partial charge in [-0.2, -0.15) is 0 Å². The van der Waals surface area contributed by atoms with E-state index in [4.69, 9.17) is 0 Å². The Bertz CT molecular complexity index is 318. The molecule has 1 heteroatoms. The smallest absolute Gasteiger partial charge is 0.0786 e. The lowest BCUT2D eigenvalue weighted by atomic mass is 10.0. The Morgan fingerprint density at radius 2 is 0.515 bits per heavy atom. The highest BCUT2D eigenvalue weighted by Crippen LogP contribution is 2.21. The van der Waals surface area contributed by atoms with Gasteiger partial charge in [0, 0.05) is 0 Å². The minimum atomic E-state index is 0.868. The van der Waals surface area contributed by atoms with Crippen LogP contribution in [0.2, 0.25) is 0 Å². The first kappa shape index (κ1) is 33.0. The van der Waals surface area contributed by atoms with Gasteiger partial charge in [0.05, 0.1) is 26.2 Å². The second kappa shape index (κ2) is 21.3. The summed E-state index contributed by atoms with van der Waals surface area (Å²) in [4.78, 5) is 0. The van der Waals surface area contributed by atoms with E-state index in [1.54, 1.807) is 0 Å². The van der Waals surface area contributed by atoms with E-state index < -0.39 is 0 Å². The van der Waals surface area contributed by atoms with E-state index in [9.17, 15) is 0 Å². The molecule has 0 bridgehead atoms. The average molecular weight is 467 g/mol. The van der Waals surface area contributed by atoms with E-state index in [0.29, 0.717) is 0 Å². The molecule has 0 aliphatic carbocycles. The van der Waals surface area contributed by atoms with Crippen molar-refractivity contribution in [1.29, 1.82) is 0 Å². The molecular weight excluding hydrogens is 398 g/mol. The molecule has 0 saturated carbocycles. The van der Waals surface area contributed by atoms with E-state index in [1.807, 2.05) is 0 Å². The summed E-state index contributed by atoms with van der Waals surface area (Å²) in [5, 5.41) is 0. The van der Waals surface area contributed by atoms with Crippen LogP contribution in [0.4, 0.5) is 0 Å². The van der Waals surface area contributed by atoms with Crippen LogP contribution in [0.15, 0.2) is 0 Å². The third-order valence-electron chi connectivity index (χ3n) is 7.66. The predicted octanol–water partition coefficient (Wildman–Crippen LogP) is 10.7. The van der Waals surface area contributed by atoms with Gasteiger partial charge in [0.25, 0.3) is 0 Å². The molecule has 33 heavy (non-hydrogen) atoms. The van der Waals surface area contributed by atoms with Crippen LogP contribution in [-0.4, -0.2) is 30.7 Å². The van der Waals surface area contributed by atoms with Crippen LogP contribution in [0, 0.1) is 23.7 Å². The zero-order chi connectivity index (χ0) is 25.0. The molecule has 0 saturated heterocycles. The number of nitrogens with zero attached hydrogens (tertiary/aromatic N) is 1. The van der Waals surface area contributed by atoms with Crippen molar-refractivity contribution in [3.8, 4) is 0 Å². The fourth-order valence-electron chi connectivity index (χ4n) is 5.38. The lowest BCUT2D eigenvalue weighted by molar-refractivity contribution is -0.929. The minimum absolute atomic E-state index is 0.868. The van der Waals surface area contributed by atoms with Crippen molar-refractivity contribution >= 4 is 0 Å². The summed E-state index contributed by atoms with van der Waals surface area (Å²) >= 11 is 0. The second-order valence-electron chi connectivity index (χ2n) is 13.2. The van der Waals surface area contributed by atoms with Gasteiger partial charge in [-0.15, -0.1) is 0 Å². The molecule has 0 N–H and O–H groups in total. The van der Waals surface area contributed by atoms with Crippen molar-refractivity contribution in [1.82, 2.24) is 0 Å². The van der Waals surface area contributed by atoms with E-state index in [0.717, 1.165) is 23.7 Å². The molecule has 0 aliphatic heterocycles. The molecule has 0 rings (SSSR count). The Balaban J connectivity index is 4.87. The number of hydrogen-bond acceptors (Lipinski definition) is 0. The molecule has 0 aromatic heterocycles. The molecule has 1 nitrogen and oxygen atoms in total. The maximum Gasteiger partial charge on any atom is 0.0786 e. The second-order valence-corrected chi connectivity index (χ2v) is 13.2. The van der Waals surface area contributed by atoms with Crippen molar-refractivity contribution in [3.05, 3.63) is 0 Å². The fourth-order valence-corrected chi connectivity index (χ4v) is 5.38. The maximum absolute atomic E-state index is 2.38. The van der Waals surface area contributed by atoms with E-state index in [2.05, 4.69) is 55.4 Å². The van der Waals surface area contributed by atoms with Crippen LogP contribution in [0.3, 0.4) is 0 Å². The van der Waals surface area contributed by atoms with Crippen LogP contribution in [0.5, 0.6) is 0 Å². The molecular formula is C32H68N+. The summed E-state index contributed by atoms with van der Waals surface area (Å²) in [6.45, 7) is 24.9. The van der Waals surface area contributed by atoms with Crippen molar-refractivity contribution in [2.45, 2.75) is 158 Å². The van der Waals surface area contributed by atoms with Crippen LogP contribution >= 0.6 is 0 Å². The largest absolute Gasteiger partial charge is 0.324 e. The molecule has 0 spiro atoms. The molecule has 0 atom stereocenters. The maximum atomic E-state index is 2.38. The van der Waals surface area contributed by atoms with Gasteiger partial charge in [0.15, 0.2) is 0 Å². The van der Waals surface area contributed by atoms with Crippen molar-refractivity contribution in [2.24, 2.45) is 23.7 Å². The highest BCUT2D eigenvalue weighted by molar-refractivity contribution is 4.56. The Labute approximate surface area is 212 Å². The predicted molar refractivity (Wildman–Crippen MR) is 153 cm³/mol. The van der Waals surface area contributed by atoms with E-state index in [1.165, 1.54) is 133 Å². The van der Waals surface area contributed by atoms with Crippen LogP contribution in [0.25, 0.3) is 0 Å². The van der Waals surface area contributed by atoms with Gasteiger partial charge < -0.3 is 4.48 Å². The summed E-state index contributed by atoms with van der Waals surface area (Å²) < 4.78 is 1.45. The molecule has 200 valence electrons. The van der Waals surface area contributed by atoms with Gasteiger partial charge in [-0.05, 0) is 75.0 Å². The quantitative estimate of drug-likeness (QED) is 0.0979. The van der Waals surface area contributed by atoms with Gasteiger partial charge >= 0.3 is 0 Å². The first-order chi connectivity index (χ1) is 15.7. The van der Waals surface area contributed by atoms with Crippen molar-refractivity contribution < 1.29 is 4.48 Å². The number of rotatable bonds is 24. The highest BCUT2D eigenvalue weighted by atomic mass is 15.3. The number of unbranched alkanes of at least 4 members (excludes halogenated alkanes) is 8. The highest BCUT2D eigenvalue weighted by Gasteiger charge is 2.25. The SMILES string of the molecule is CC(C)CCCCC[N+](CCCCCC(C)C)(CCCCCC(C)C)CCCCCC(C)C. The van der Waals surface area contributed by atoms with Crippen LogP contribution in [0.1, 0.15) is 158 Å². The Hall–Kier alpha value is -0.0400. The van der Waals surface area contributed by atoms with Gasteiger partial charge in [-0.1, -0.05) is 107 Å². The topological polar surface area (TPSA) is 0 Å². The molecule has 0 aliphatic rings. The Kier molecular flexibility index (Phi) is 21.2. The van der Waals surface area contributed by atoms with Gasteiger partial charge in [-0.3, -0.25) is 0 Å². The Morgan fingerprint density at radius 3 is 0.697 bits per heavy atom. The standard InChI is InChI=1S/C32H68N/c1-29(2)21-13-9-17-25-33(26-18-10-14-22-30(3)4,27-19-11-15-23-31(5)6)28-20-12-16-24-32(7)8/h29-32H,9-28H2,1-8H3/q+1. The van der Waals surface area contributed by atoms with E-state index in [-0.39, 0.29) is 0 Å². The van der Waals surface area contributed by atoms with Crippen LogP contribution < -0.4 is 0 Å². The molecule has 0 aromatic rings. The molecule has 0 fully saturated rings. The van der Waals surface area contributed by atoms with Crippen molar-refractivity contribution in [3.63, 3.8) is 0 Å². The van der Waals surface area contributed by atoms with E-state index >= 15 is 0 Å². The summed E-state index contributed by atoms with van der Waals surface area (Å²) in [6, 6.07) is 0. The van der Waals surface area contributed by atoms with Gasteiger partial charge in [-0.25, -0.2) is 0 Å². The molecule has 0 amide bonds. The summed E-state index contributed by atoms with van der Waals surface area (Å²) in [5.41, 5.74) is 0. The summed E-state index contributed by atoms with van der Waals surface area (Å²) in [5.74, 6) is 3.47. The van der Waals surface area contributed by atoms with Crippen LogP contribution in [-0.2, 0) is 0 Å². The molecule has 0 unspecified atom stereocenters. The van der Waals surface area contributed by atoms with Crippen molar-refractivity contribution in [2.75, 3.05) is 26.2 Å². The first-order valence-corrected chi connectivity index (χ1v) is 15.5. The summed E-state index contributed by atoms with van der Waals surface area (Å²) in [7, 11) is 0. The normalized spacial score (nSPS) is 12.7. The minimum Gasteiger partial charge on any atom is -0.324 e. The monoisotopic (exact) mass is 467 g/mol. The lowest BCUT2D eigenvalue weighted by Gasteiger charge is -2.40. The number of quaternary nitrogens is 1. The first-order valence-electron chi connectivity index (χ1n) is 15.5. The van der Waals surface area contributed by atoms with Gasteiger partial charge in [0.2, 0.25) is 0 Å². The fraction of sp³-hybridized carbons (Fsp3) is 1.00. The average Bonchev–Trinajstić information content (AvgIpc) is 2.71. The summed E-state index contributed by atoms with van der Waals surface area (Å²) in [6.07, 6.45) is 23.0. The third-order valence-corrected chi connectivity index (χ3v) is 7.66. The molecule has 0 heterocycles. The molecule has 0 radical (unpaired) electrons. The lowest BCUT2D eigenvalue weighted by Crippen LogP contribution is -2.50. The Morgan fingerprint density at radius 1 is 0.303 bits per heavy atom. The number of hydrogen-bond donors (Lipinski definition) is 0. The third kappa shape index (κ3) is 22.2.